The molecule has 3 heterocycles. The van der Waals surface area contributed by atoms with Crippen molar-refractivity contribution in [3.8, 4) is 11.5 Å². The minimum Gasteiger partial charge on any atom is -0.485 e. The first-order valence-electron chi connectivity index (χ1n) is 8.17. The van der Waals surface area contributed by atoms with Gasteiger partial charge >= 0.3 is 0 Å². The number of hydrogen-bond donors (Lipinski definition) is 1. The smallest absolute Gasteiger partial charge is 0.265 e. The second-order valence-electron chi connectivity index (χ2n) is 6.11. The summed E-state index contributed by atoms with van der Waals surface area (Å²) >= 11 is 1.33. The summed E-state index contributed by atoms with van der Waals surface area (Å²) in [7, 11) is 4.02. The van der Waals surface area contributed by atoms with Gasteiger partial charge in [0, 0.05) is 18.5 Å². The van der Waals surface area contributed by atoms with Crippen LogP contribution in [0, 0.1) is 0 Å². The molecule has 8 heteroatoms. The maximum atomic E-state index is 12.6. The molecule has 2 atom stereocenters. The molecule has 0 spiro atoms. The molecular formula is C16H24N2O5S. The van der Waals surface area contributed by atoms with Crippen molar-refractivity contribution in [1.29, 1.82) is 0 Å². The van der Waals surface area contributed by atoms with Crippen LogP contribution in [0.15, 0.2) is 5.38 Å². The van der Waals surface area contributed by atoms with Crippen molar-refractivity contribution < 1.29 is 23.7 Å². The van der Waals surface area contributed by atoms with Crippen LogP contribution in [0.5, 0.6) is 11.5 Å². The molecule has 0 radical (unpaired) electrons. The highest BCUT2D eigenvalue weighted by molar-refractivity contribution is 7.12. The Morgan fingerprint density at radius 3 is 3.04 bits per heavy atom. The molecule has 2 aliphatic rings. The summed E-state index contributed by atoms with van der Waals surface area (Å²) in [5, 5.41) is 4.84. The van der Waals surface area contributed by atoms with Crippen LogP contribution >= 0.6 is 11.3 Å². The minimum absolute atomic E-state index is 0.0318. The van der Waals surface area contributed by atoms with Gasteiger partial charge in [0.05, 0.1) is 25.4 Å². The molecule has 1 N–H and O–H groups in total. The summed E-state index contributed by atoms with van der Waals surface area (Å²) in [6.45, 7) is 3.58. The van der Waals surface area contributed by atoms with Gasteiger partial charge in [0.15, 0.2) is 11.5 Å². The Bertz CT molecular complexity index is 563. The van der Waals surface area contributed by atoms with E-state index in [9.17, 15) is 4.79 Å². The van der Waals surface area contributed by atoms with Gasteiger partial charge in [-0.05, 0) is 20.5 Å². The van der Waals surface area contributed by atoms with E-state index in [0.717, 1.165) is 13.0 Å². The maximum Gasteiger partial charge on any atom is 0.265 e. The first-order valence-corrected chi connectivity index (χ1v) is 9.05. The predicted molar refractivity (Wildman–Crippen MR) is 90.3 cm³/mol. The van der Waals surface area contributed by atoms with Crippen LogP contribution in [0.2, 0.25) is 0 Å². The number of thiophene rings is 1. The lowest BCUT2D eigenvalue weighted by Gasteiger charge is -2.32. The van der Waals surface area contributed by atoms with Crippen molar-refractivity contribution in [2.75, 3.05) is 53.7 Å². The summed E-state index contributed by atoms with van der Waals surface area (Å²) in [5.41, 5.74) is 0. The Morgan fingerprint density at radius 2 is 2.21 bits per heavy atom. The Labute approximate surface area is 145 Å². The van der Waals surface area contributed by atoms with Crippen molar-refractivity contribution in [2.24, 2.45) is 0 Å². The Balaban J connectivity index is 1.60. The highest BCUT2D eigenvalue weighted by Gasteiger charge is 2.31. The van der Waals surface area contributed by atoms with Gasteiger partial charge < -0.3 is 29.2 Å². The van der Waals surface area contributed by atoms with E-state index in [0.29, 0.717) is 49.4 Å². The van der Waals surface area contributed by atoms with E-state index < -0.39 is 0 Å². The highest BCUT2D eigenvalue weighted by atomic mass is 32.1. The van der Waals surface area contributed by atoms with Crippen LogP contribution < -0.4 is 14.8 Å². The summed E-state index contributed by atoms with van der Waals surface area (Å²) in [5.74, 6) is 1.03. The number of carbonyl (C=O) groups excluding carboxylic acids is 1. The predicted octanol–water partition coefficient (Wildman–Crippen LogP) is 0.985. The number of fused-ring (bicyclic) bond motifs is 1. The number of amides is 1. The molecule has 134 valence electrons. The van der Waals surface area contributed by atoms with Gasteiger partial charge in [-0.25, -0.2) is 0 Å². The third-order valence-electron chi connectivity index (χ3n) is 3.99. The molecule has 0 saturated carbocycles. The summed E-state index contributed by atoms with van der Waals surface area (Å²) in [6, 6.07) is -0.157. The summed E-state index contributed by atoms with van der Waals surface area (Å²) in [4.78, 5) is 15.2. The van der Waals surface area contributed by atoms with Gasteiger partial charge in [0.2, 0.25) is 0 Å². The standard InChI is InChI=1S/C16H24N2O5S/c1-18(2)4-6-21-12-3-5-20-9-11(12)17-16(19)15-14-13(10-24-15)22-7-8-23-14/h10-12H,3-9H2,1-2H3,(H,17,19)/t11-,12+/m1/s1. The van der Waals surface area contributed by atoms with Crippen LogP contribution in [-0.2, 0) is 9.47 Å². The van der Waals surface area contributed by atoms with Crippen molar-refractivity contribution in [3.05, 3.63) is 10.3 Å². The fourth-order valence-corrected chi connectivity index (χ4v) is 3.53. The van der Waals surface area contributed by atoms with E-state index in [1.165, 1.54) is 11.3 Å². The van der Waals surface area contributed by atoms with Gasteiger partial charge in [-0.15, -0.1) is 11.3 Å². The van der Waals surface area contributed by atoms with Crippen molar-refractivity contribution in [2.45, 2.75) is 18.6 Å². The lowest BCUT2D eigenvalue weighted by atomic mass is 10.1. The zero-order valence-corrected chi connectivity index (χ0v) is 14.9. The molecule has 1 fully saturated rings. The van der Waals surface area contributed by atoms with E-state index in [2.05, 4.69) is 10.2 Å². The van der Waals surface area contributed by atoms with Crippen LogP contribution in [0.25, 0.3) is 0 Å². The number of nitrogens with zero attached hydrogens (tertiary/aromatic N) is 1. The Kier molecular flexibility index (Phi) is 5.94. The second kappa shape index (κ2) is 8.15. The third-order valence-corrected chi connectivity index (χ3v) is 4.93. The van der Waals surface area contributed by atoms with Crippen LogP contribution in [0.3, 0.4) is 0 Å². The number of carbonyl (C=O) groups is 1. The largest absolute Gasteiger partial charge is 0.485 e. The monoisotopic (exact) mass is 356 g/mol. The first-order chi connectivity index (χ1) is 11.6. The SMILES string of the molecule is CN(C)CCO[C@H]1CCOC[C@H]1NC(=O)c1scc2c1OCCO2. The van der Waals surface area contributed by atoms with E-state index >= 15 is 0 Å². The molecule has 24 heavy (non-hydrogen) atoms. The zero-order valence-electron chi connectivity index (χ0n) is 14.1. The van der Waals surface area contributed by atoms with Crippen molar-refractivity contribution in [1.82, 2.24) is 10.2 Å². The molecule has 0 bridgehead atoms. The lowest BCUT2D eigenvalue weighted by molar-refractivity contribution is -0.0561. The molecule has 0 aromatic carbocycles. The van der Waals surface area contributed by atoms with E-state index in [1.54, 1.807) is 0 Å². The third kappa shape index (κ3) is 4.18. The van der Waals surface area contributed by atoms with Gasteiger partial charge in [-0.2, -0.15) is 0 Å². The maximum absolute atomic E-state index is 12.6. The Hall–Kier alpha value is -1.35. The average molecular weight is 356 g/mol. The number of ether oxygens (including phenoxy) is 4. The molecule has 3 rings (SSSR count). The highest BCUT2D eigenvalue weighted by Crippen LogP contribution is 2.39. The van der Waals surface area contributed by atoms with E-state index in [1.807, 2.05) is 19.5 Å². The van der Waals surface area contributed by atoms with Gasteiger partial charge in [0.1, 0.15) is 18.1 Å². The molecular weight excluding hydrogens is 332 g/mol. The van der Waals surface area contributed by atoms with Crippen molar-refractivity contribution in [3.63, 3.8) is 0 Å². The molecule has 7 nitrogen and oxygen atoms in total. The molecule has 1 saturated heterocycles. The quantitative estimate of drug-likeness (QED) is 0.820. The normalized spacial score (nSPS) is 23.3. The number of rotatable bonds is 6. The van der Waals surface area contributed by atoms with E-state index in [-0.39, 0.29) is 18.1 Å². The van der Waals surface area contributed by atoms with Crippen LogP contribution in [-0.4, -0.2) is 76.6 Å². The summed E-state index contributed by atoms with van der Waals surface area (Å²) < 4.78 is 22.5. The van der Waals surface area contributed by atoms with Crippen molar-refractivity contribution >= 4 is 17.2 Å². The molecule has 2 aliphatic heterocycles. The van der Waals surface area contributed by atoms with Gasteiger partial charge in [-0.3, -0.25) is 4.79 Å². The van der Waals surface area contributed by atoms with Crippen LogP contribution in [0.4, 0.5) is 0 Å². The fraction of sp³-hybridized carbons (Fsp3) is 0.688. The first kappa shape index (κ1) is 17.5. The molecule has 0 unspecified atom stereocenters. The molecule has 1 aromatic heterocycles. The second-order valence-corrected chi connectivity index (χ2v) is 6.99. The topological polar surface area (TPSA) is 69.3 Å². The molecule has 1 amide bonds. The Morgan fingerprint density at radius 1 is 1.38 bits per heavy atom. The van der Waals surface area contributed by atoms with E-state index in [4.69, 9.17) is 18.9 Å². The lowest BCUT2D eigenvalue weighted by Crippen LogP contribution is -2.50. The zero-order chi connectivity index (χ0) is 16.9. The summed E-state index contributed by atoms with van der Waals surface area (Å²) in [6.07, 6.45) is 0.746. The van der Waals surface area contributed by atoms with Gasteiger partial charge in [-0.1, -0.05) is 0 Å². The van der Waals surface area contributed by atoms with Gasteiger partial charge in [0.25, 0.3) is 5.91 Å². The molecule has 1 aromatic rings. The fourth-order valence-electron chi connectivity index (χ4n) is 2.69. The minimum atomic E-state index is -0.163. The number of hydrogen-bond acceptors (Lipinski definition) is 7. The average Bonchev–Trinajstić information content (AvgIpc) is 3.00. The van der Waals surface area contributed by atoms with Crippen LogP contribution in [0.1, 0.15) is 16.1 Å². The molecule has 0 aliphatic carbocycles. The number of likely N-dealkylation sites (N-methyl/N-ethyl adjacent to an activating group) is 1. The number of nitrogens with one attached hydrogen (secondary N) is 1.